The number of nitrogens with zero attached hydrogens (tertiary/aromatic N) is 1. The maximum absolute atomic E-state index is 12.2. The number of rotatable bonds is 6. The average molecular weight is 302 g/mol. The zero-order valence-corrected chi connectivity index (χ0v) is 12.6. The monoisotopic (exact) mass is 302 g/mol. The molecular weight excluding hydrogens is 284 g/mol. The number of pyridine rings is 1. The average Bonchev–Trinajstić information content (AvgIpc) is 2.53. The van der Waals surface area contributed by atoms with E-state index in [4.69, 9.17) is 5.11 Å². The summed E-state index contributed by atoms with van der Waals surface area (Å²) in [5.74, 6) is -0.127. The summed E-state index contributed by atoms with van der Waals surface area (Å²) in [5, 5.41) is 12.5. The molecule has 1 atom stereocenters. The molecule has 0 saturated carbocycles. The van der Waals surface area contributed by atoms with E-state index >= 15 is 0 Å². The number of aromatic nitrogens is 1. The van der Waals surface area contributed by atoms with Crippen molar-refractivity contribution >= 4 is 17.7 Å². The first-order chi connectivity index (χ1) is 10.2. The van der Waals surface area contributed by atoms with Crippen LogP contribution in [0.4, 0.5) is 0 Å². The van der Waals surface area contributed by atoms with Gasteiger partial charge in [0.25, 0.3) is 5.91 Å². The predicted octanol–water partition coefficient (Wildman–Crippen LogP) is 2.59. The SMILES string of the molecule is CC(CO)CNC(=O)c1cccnc1Sc1ccccc1. The summed E-state index contributed by atoms with van der Waals surface area (Å²) in [6.07, 6.45) is 1.68. The van der Waals surface area contributed by atoms with Gasteiger partial charge in [0.2, 0.25) is 0 Å². The van der Waals surface area contributed by atoms with Crippen molar-refractivity contribution in [1.29, 1.82) is 0 Å². The molecule has 0 aliphatic rings. The fraction of sp³-hybridized carbons (Fsp3) is 0.250. The molecule has 2 aromatic rings. The molecule has 0 radical (unpaired) electrons. The summed E-state index contributed by atoms with van der Waals surface area (Å²) in [6, 6.07) is 13.3. The number of aliphatic hydroxyl groups excluding tert-OH is 1. The summed E-state index contributed by atoms with van der Waals surface area (Å²) in [6.45, 7) is 2.38. The Morgan fingerprint density at radius 3 is 2.76 bits per heavy atom. The van der Waals surface area contributed by atoms with Crippen LogP contribution in [0.15, 0.2) is 58.6 Å². The van der Waals surface area contributed by atoms with Crippen molar-refractivity contribution in [3.05, 3.63) is 54.2 Å². The van der Waals surface area contributed by atoms with Gasteiger partial charge in [-0.1, -0.05) is 36.9 Å². The number of aliphatic hydroxyl groups is 1. The summed E-state index contributed by atoms with van der Waals surface area (Å²) in [7, 11) is 0. The Hall–Kier alpha value is -1.85. The van der Waals surface area contributed by atoms with Gasteiger partial charge >= 0.3 is 0 Å². The second kappa shape index (κ2) is 7.81. The molecule has 1 amide bonds. The summed E-state index contributed by atoms with van der Waals surface area (Å²) >= 11 is 1.46. The maximum Gasteiger partial charge on any atom is 0.254 e. The van der Waals surface area contributed by atoms with Gasteiger partial charge in [0, 0.05) is 24.2 Å². The van der Waals surface area contributed by atoms with Crippen LogP contribution in [-0.4, -0.2) is 29.1 Å². The molecule has 1 unspecified atom stereocenters. The molecular formula is C16H18N2O2S. The molecule has 0 bridgehead atoms. The Balaban J connectivity index is 2.11. The number of nitrogens with one attached hydrogen (secondary N) is 1. The minimum absolute atomic E-state index is 0.0378. The topological polar surface area (TPSA) is 62.2 Å². The first-order valence-electron chi connectivity index (χ1n) is 6.77. The lowest BCUT2D eigenvalue weighted by Gasteiger charge is -2.11. The predicted molar refractivity (Wildman–Crippen MR) is 83.4 cm³/mol. The van der Waals surface area contributed by atoms with Crippen LogP contribution in [-0.2, 0) is 0 Å². The van der Waals surface area contributed by atoms with Gasteiger partial charge in [0.05, 0.1) is 5.56 Å². The molecule has 1 aromatic heterocycles. The van der Waals surface area contributed by atoms with E-state index in [1.165, 1.54) is 11.8 Å². The molecule has 0 spiro atoms. The summed E-state index contributed by atoms with van der Waals surface area (Å²) in [5.41, 5.74) is 0.552. The molecule has 1 heterocycles. The molecule has 21 heavy (non-hydrogen) atoms. The zero-order valence-electron chi connectivity index (χ0n) is 11.8. The Morgan fingerprint density at radius 1 is 1.29 bits per heavy atom. The van der Waals surface area contributed by atoms with Gasteiger partial charge in [-0.15, -0.1) is 0 Å². The standard InChI is InChI=1S/C16H18N2O2S/c1-12(11-19)10-18-15(20)14-8-5-9-17-16(14)21-13-6-3-2-4-7-13/h2-9,12,19H,10-11H2,1H3,(H,18,20). The lowest BCUT2D eigenvalue weighted by molar-refractivity contribution is 0.0938. The molecule has 2 N–H and O–H groups in total. The van der Waals surface area contributed by atoms with E-state index in [1.54, 1.807) is 18.3 Å². The van der Waals surface area contributed by atoms with Crippen LogP contribution in [0.3, 0.4) is 0 Å². The van der Waals surface area contributed by atoms with E-state index in [-0.39, 0.29) is 18.4 Å². The smallest absolute Gasteiger partial charge is 0.254 e. The van der Waals surface area contributed by atoms with E-state index in [1.807, 2.05) is 37.3 Å². The van der Waals surface area contributed by atoms with Crippen LogP contribution in [0, 0.1) is 5.92 Å². The molecule has 5 heteroatoms. The maximum atomic E-state index is 12.2. The normalized spacial score (nSPS) is 11.9. The number of hydrogen-bond acceptors (Lipinski definition) is 4. The van der Waals surface area contributed by atoms with Crippen LogP contribution in [0.5, 0.6) is 0 Å². The van der Waals surface area contributed by atoms with E-state index in [9.17, 15) is 4.79 Å². The molecule has 0 fully saturated rings. The fourth-order valence-corrected chi connectivity index (χ4v) is 2.57. The number of hydrogen-bond donors (Lipinski definition) is 2. The van der Waals surface area contributed by atoms with Crippen molar-refractivity contribution in [2.24, 2.45) is 5.92 Å². The summed E-state index contributed by atoms with van der Waals surface area (Å²) in [4.78, 5) is 17.6. The minimum Gasteiger partial charge on any atom is -0.396 e. The van der Waals surface area contributed by atoms with Crippen LogP contribution in [0.1, 0.15) is 17.3 Å². The third kappa shape index (κ3) is 4.58. The minimum atomic E-state index is -0.165. The Bertz CT molecular complexity index is 590. The lowest BCUT2D eigenvalue weighted by atomic mass is 10.2. The quantitative estimate of drug-likeness (QED) is 0.861. The largest absolute Gasteiger partial charge is 0.396 e. The molecule has 110 valence electrons. The first kappa shape index (κ1) is 15.5. The number of carbonyl (C=O) groups excluding carboxylic acids is 1. The molecule has 1 aromatic carbocycles. The van der Waals surface area contributed by atoms with Gasteiger partial charge in [0.15, 0.2) is 0 Å². The summed E-state index contributed by atoms with van der Waals surface area (Å²) < 4.78 is 0. The van der Waals surface area contributed by atoms with Crippen LogP contribution < -0.4 is 5.32 Å². The second-order valence-electron chi connectivity index (χ2n) is 4.77. The van der Waals surface area contributed by atoms with E-state index in [2.05, 4.69) is 10.3 Å². The van der Waals surface area contributed by atoms with Crippen molar-refractivity contribution in [3.63, 3.8) is 0 Å². The van der Waals surface area contributed by atoms with E-state index < -0.39 is 0 Å². The zero-order chi connectivity index (χ0) is 15.1. The van der Waals surface area contributed by atoms with Crippen molar-refractivity contribution < 1.29 is 9.90 Å². The van der Waals surface area contributed by atoms with Crippen molar-refractivity contribution in [3.8, 4) is 0 Å². The molecule has 2 rings (SSSR count). The van der Waals surface area contributed by atoms with Crippen molar-refractivity contribution in [1.82, 2.24) is 10.3 Å². The highest BCUT2D eigenvalue weighted by atomic mass is 32.2. The van der Waals surface area contributed by atoms with Crippen LogP contribution in [0.2, 0.25) is 0 Å². The fourth-order valence-electron chi connectivity index (χ4n) is 1.67. The van der Waals surface area contributed by atoms with Gasteiger partial charge in [-0.05, 0) is 30.2 Å². The molecule has 0 aliphatic heterocycles. The molecule has 0 aliphatic carbocycles. The number of benzene rings is 1. The number of carbonyl (C=O) groups is 1. The van der Waals surface area contributed by atoms with Crippen molar-refractivity contribution in [2.45, 2.75) is 16.8 Å². The highest BCUT2D eigenvalue weighted by molar-refractivity contribution is 7.99. The second-order valence-corrected chi connectivity index (χ2v) is 5.83. The van der Waals surface area contributed by atoms with Gasteiger partial charge in [-0.3, -0.25) is 4.79 Å². The van der Waals surface area contributed by atoms with Gasteiger partial charge in [-0.2, -0.15) is 0 Å². The van der Waals surface area contributed by atoms with Crippen LogP contribution >= 0.6 is 11.8 Å². The van der Waals surface area contributed by atoms with Gasteiger partial charge < -0.3 is 10.4 Å². The molecule has 4 nitrogen and oxygen atoms in total. The lowest BCUT2D eigenvalue weighted by Crippen LogP contribution is -2.30. The van der Waals surface area contributed by atoms with E-state index in [0.717, 1.165) is 4.90 Å². The third-order valence-corrected chi connectivity index (χ3v) is 3.92. The Labute approximate surface area is 128 Å². The van der Waals surface area contributed by atoms with E-state index in [0.29, 0.717) is 17.1 Å². The molecule has 0 saturated heterocycles. The highest BCUT2D eigenvalue weighted by Crippen LogP contribution is 2.28. The van der Waals surface area contributed by atoms with Crippen LogP contribution in [0.25, 0.3) is 0 Å². The first-order valence-corrected chi connectivity index (χ1v) is 7.59. The van der Waals surface area contributed by atoms with Gasteiger partial charge in [0.1, 0.15) is 5.03 Å². The third-order valence-electron chi connectivity index (χ3n) is 2.90. The highest BCUT2D eigenvalue weighted by Gasteiger charge is 2.13. The Morgan fingerprint density at radius 2 is 2.05 bits per heavy atom. The van der Waals surface area contributed by atoms with Crippen molar-refractivity contribution in [2.75, 3.05) is 13.2 Å². The van der Waals surface area contributed by atoms with Gasteiger partial charge in [-0.25, -0.2) is 4.98 Å². The Kier molecular flexibility index (Phi) is 5.78. The number of amides is 1.